The van der Waals surface area contributed by atoms with E-state index in [2.05, 4.69) is 10.6 Å². The lowest BCUT2D eigenvalue weighted by Gasteiger charge is -2.24. The van der Waals surface area contributed by atoms with Gasteiger partial charge in [0.15, 0.2) is 0 Å². The van der Waals surface area contributed by atoms with E-state index in [1.54, 1.807) is 37.3 Å². The highest BCUT2D eigenvalue weighted by Crippen LogP contribution is 2.33. The van der Waals surface area contributed by atoms with E-state index in [-0.39, 0.29) is 0 Å². The largest absolute Gasteiger partial charge is 0.325 e. The van der Waals surface area contributed by atoms with E-state index >= 15 is 0 Å². The van der Waals surface area contributed by atoms with Crippen molar-refractivity contribution in [3.8, 4) is 6.07 Å². The molecule has 4 rings (SSSR count). The minimum atomic E-state index is -1.27. The molecule has 0 aromatic heterocycles. The van der Waals surface area contributed by atoms with Gasteiger partial charge in [0.1, 0.15) is 12.1 Å². The van der Waals surface area contributed by atoms with Gasteiger partial charge in [0.2, 0.25) is 5.91 Å². The summed E-state index contributed by atoms with van der Waals surface area (Å²) in [5, 5.41) is 16.0. The Labute approximate surface area is 172 Å². The first-order chi connectivity index (χ1) is 14.4. The van der Waals surface area contributed by atoms with Crippen LogP contribution in [0.5, 0.6) is 0 Å². The normalized spacial score (nSPS) is 18.2. The van der Waals surface area contributed by atoms with E-state index in [1.165, 1.54) is 0 Å². The first-order valence-corrected chi connectivity index (χ1v) is 9.35. The van der Waals surface area contributed by atoms with Crippen molar-refractivity contribution < 1.29 is 14.4 Å². The van der Waals surface area contributed by atoms with Gasteiger partial charge in [-0.3, -0.25) is 14.5 Å². The molecule has 3 aromatic rings. The fourth-order valence-corrected chi connectivity index (χ4v) is 3.66. The average molecular weight is 398 g/mol. The average Bonchev–Trinajstić information content (AvgIpc) is 2.97. The molecule has 1 fully saturated rings. The molecule has 7 nitrogen and oxygen atoms in total. The van der Waals surface area contributed by atoms with Crippen molar-refractivity contribution >= 4 is 34.3 Å². The van der Waals surface area contributed by atoms with Gasteiger partial charge in [-0.15, -0.1) is 0 Å². The van der Waals surface area contributed by atoms with Crippen molar-refractivity contribution in [1.29, 1.82) is 5.26 Å². The van der Waals surface area contributed by atoms with Crippen molar-refractivity contribution in [2.75, 3.05) is 11.9 Å². The fourth-order valence-electron chi connectivity index (χ4n) is 3.66. The topological polar surface area (TPSA) is 102 Å². The van der Waals surface area contributed by atoms with Crippen LogP contribution in [0.25, 0.3) is 10.8 Å². The van der Waals surface area contributed by atoms with Gasteiger partial charge in [-0.1, -0.05) is 42.5 Å². The second kappa shape index (κ2) is 7.33. The summed E-state index contributed by atoms with van der Waals surface area (Å²) in [4.78, 5) is 39.1. The maximum absolute atomic E-state index is 13.2. The first kappa shape index (κ1) is 19.2. The Morgan fingerprint density at radius 3 is 2.50 bits per heavy atom. The quantitative estimate of drug-likeness (QED) is 0.659. The molecule has 0 saturated carbocycles. The third-order valence-corrected chi connectivity index (χ3v) is 5.20. The van der Waals surface area contributed by atoms with Gasteiger partial charge in [-0.2, -0.15) is 5.26 Å². The lowest BCUT2D eigenvalue weighted by atomic mass is 9.88. The number of amides is 4. The SMILES string of the molecule is CC1(c2cccc3ccccc23)NC(=O)N(CC(=O)Nc2ccc(C#N)cc2)C1=O. The molecule has 1 atom stereocenters. The van der Waals surface area contributed by atoms with Gasteiger partial charge >= 0.3 is 6.03 Å². The van der Waals surface area contributed by atoms with Crippen LogP contribution in [0.2, 0.25) is 0 Å². The third-order valence-electron chi connectivity index (χ3n) is 5.20. The van der Waals surface area contributed by atoms with E-state index in [9.17, 15) is 14.4 Å². The third kappa shape index (κ3) is 3.25. The summed E-state index contributed by atoms with van der Waals surface area (Å²) in [6, 6.07) is 20.9. The molecular formula is C23H18N4O3. The van der Waals surface area contributed by atoms with Crippen LogP contribution >= 0.6 is 0 Å². The Kier molecular flexibility index (Phi) is 4.68. The lowest BCUT2D eigenvalue weighted by molar-refractivity contribution is -0.133. The number of carbonyl (C=O) groups excluding carboxylic acids is 3. The van der Waals surface area contributed by atoms with Crippen LogP contribution in [0.3, 0.4) is 0 Å². The minimum Gasteiger partial charge on any atom is -0.325 e. The molecule has 0 spiro atoms. The molecule has 1 heterocycles. The van der Waals surface area contributed by atoms with Gasteiger partial charge < -0.3 is 10.6 Å². The molecule has 1 unspecified atom stereocenters. The number of nitriles is 1. The molecule has 0 aliphatic carbocycles. The fraction of sp³-hybridized carbons (Fsp3) is 0.130. The highest BCUT2D eigenvalue weighted by atomic mass is 16.2. The van der Waals surface area contributed by atoms with Crippen LogP contribution in [0.15, 0.2) is 66.7 Å². The maximum atomic E-state index is 13.2. The van der Waals surface area contributed by atoms with Gasteiger partial charge in [-0.05, 0) is 47.5 Å². The van der Waals surface area contributed by atoms with Crippen LogP contribution in [-0.2, 0) is 15.1 Å². The van der Waals surface area contributed by atoms with Crippen LogP contribution in [-0.4, -0.2) is 29.3 Å². The zero-order chi connectivity index (χ0) is 21.3. The number of rotatable bonds is 4. The Morgan fingerprint density at radius 2 is 1.77 bits per heavy atom. The Balaban J connectivity index is 1.56. The standard InChI is InChI=1S/C23H18N4O3/c1-23(19-8-4-6-16-5-2-3-7-18(16)19)21(29)27(22(30)26-23)14-20(28)25-17-11-9-15(13-24)10-12-17/h2-12H,14H2,1H3,(H,25,28)(H,26,30). The molecule has 148 valence electrons. The van der Waals surface area contributed by atoms with E-state index in [0.717, 1.165) is 15.7 Å². The zero-order valence-electron chi connectivity index (χ0n) is 16.2. The zero-order valence-corrected chi connectivity index (χ0v) is 16.2. The number of nitrogens with one attached hydrogen (secondary N) is 2. The van der Waals surface area contributed by atoms with Crippen molar-refractivity contribution in [2.45, 2.75) is 12.5 Å². The van der Waals surface area contributed by atoms with Crippen molar-refractivity contribution in [3.05, 3.63) is 77.9 Å². The Morgan fingerprint density at radius 1 is 1.07 bits per heavy atom. The van der Waals surface area contributed by atoms with Crippen LogP contribution in [0.4, 0.5) is 10.5 Å². The number of fused-ring (bicyclic) bond motifs is 1. The summed E-state index contributed by atoms with van der Waals surface area (Å²) in [6.07, 6.45) is 0. The van der Waals surface area contributed by atoms with Crippen LogP contribution in [0, 0.1) is 11.3 Å². The number of hydrogen-bond acceptors (Lipinski definition) is 4. The van der Waals surface area contributed by atoms with Gasteiger partial charge in [0.25, 0.3) is 5.91 Å². The van der Waals surface area contributed by atoms with Crippen molar-refractivity contribution in [2.24, 2.45) is 0 Å². The molecule has 2 N–H and O–H groups in total. The number of imide groups is 1. The second-order valence-electron chi connectivity index (χ2n) is 7.21. The van der Waals surface area contributed by atoms with E-state index in [4.69, 9.17) is 5.26 Å². The van der Waals surface area contributed by atoms with Crippen LogP contribution < -0.4 is 10.6 Å². The predicted molar refractivity (Wildman–Crippen MR) is 111 cm³/mol. The van der Waals surface area contributed by atoms with Crippen molar-refractivity contribution in [1.82, 2.24) is 10.2 Å². The first-order valence-electron chi connectivity index (χ1n) is 9.35. The summed E-state index contributed by atoms with van der Waals surface area (Å²) < 4.78 is 0. The molecule has 30 heavy (non-hydrogen) atoms. The number of urea groups is 1. The molecule has 7 heteroatoms. The summed E-state index contributed by atoms with van der Waals surface area (Å²) >= 11 is 0. The summed E-state index contributed by atoms with van der Waals surface area (Å²) in [6.45, 7) is 1.23. The Bertz CT molecular complexity index is 1210. The number of carbonyl (C=O) groups is 3. The number of nitrogens with zero attached hydrogens (tertiary/aromatic N) is 2. The van der Waals surface area contributed by atoms with Gasteiger partial charge in [0, 0.05) is 5.69 Å². The highest BCUT2D eigenvalue weighted by molar-refractivity contribution is 6.11. The molecule has 1 saturated heterocycles. The van der Waals surface area contributed by atoms with E-state index in [1.807, 2.05) is 42.5 Å². The predicted octanol–water partition coefficient (Wildman–Crippen LogP) is 3.12. The van der Waals surface area contributed by atoms with E-state index < -0.39 is 29.9 Å². The summed E-state index contributed by atoms with van der Waals surface area (Å²) in [5.41, 5.74) is 0.344. The molecule has 4 amide bonds. The van der Waals surface area contributed by atoms with Gasteiger partial charge in [-0.25, -0.2) is 4.79 Å². The molecule has 1 aliphatic rings. The maximum Gasteiger partial charge on any atom is 0.325 e. The molecule has 0 bridgehead atoms. The highest BCUT2D eigenvalue weighted by Gasteiger charge is 2.50. The number of anilines is 1. The van der Waals surface area contributed by atoms with E-state index in [0.29, 0.717) is 16.8 Å². The minimum absolute atomic E-state index is 0.412. The van der Waals surface area contributed by atoms with Crippen LogP contribution in [0.1, 0.15) is 18.1 Å². The summed E-state index contributed by atoms with van der Waals surface area (Å²) in [5.74, 6) is -0.996. The second-order valence-corrected chi connectivity index (χ2v) is 7.21. The summed E-state index contributed by atoms with van der Waals surface area (Å²) in [7, 11) is 0. The molecule has 1 aliphatic heterocycles. The molecule has 3 aromatic carbocycles. The smallest absolute Gasteiger partial charge is 0.325 e. The molecular weight excluding hydrogens is 380 g/mol. The van der Waals surface area contributed by atoms with Crippen molar-refractivity contribution in [3.63, 3.8) is 0 Å². The van der Waals surface area contributed by atoms with Gasteiger partial charge in [0.05, 0.1) is 11.6 Å². The number of hydrogen-bond donors (Lipinski definition) is 2. The monoisotopic (exact) mass is 398 g/mol. The lowest BCUT2D eigenvalue weighted by Crippen LogP contribution is -2.42. The molecule has 0 radical (unpaired) electrons. The number of benzene rings is 3. The Hall–Kier alpha value is -4.18.